The Labute approximate surface area is 113 Å². The molecule has 0 aromatic carbocycles. The highest BCUT2D eigenvalue weighted by Gasteiger charge is 2.06. The van der Waals surface area contributed by atoms with E-state index in [1.165, 1.54) is 0 Å². The van der Waals surface area contributed by atoms with Gasteiger partial charge in [-0.1, -0.05) is 48.4 Å². The van der Waals surface area contributed by atoms with Crippen molar-refractivity contribution in [3.63, 3.8) is 0 Å². The van der Waals surface area contributed by atoms with Crippen molar-refractivity contribution in [2.75, 3.05) is 18.1 Å². The Hall–Kier alpha value is -0.530. The second-order valence-corrected chi connectivity index (χ2v) is 6.86. The van der Waals surface area contributed by atoms with Crippen molar-refractivity contribution in [2.24, 2.45) is 0 Å². The third-order valence-electron chi connectivity index (χ3n) is 1.55. The first-order chi connectivity index (χ1) is 8.13. The van der Waals surface area contributed by atoms with Gasteiger partial charge in [0, 0.05) is 11.3 Å². The first-order valence-corrected chi connectivity index (χ1v) is 7.84. The SMILES string of the molecule is C=C(C)C(=O)OCCSc1nnc(SCC)s1. The molecule has 1 heterocycles. The normalized spacial score (nSPS) is 10.2. The number of rotatable bonds is 7. The molecule has 1 aromatic heterocycles. The van der Waals surface area contributed by atoms with Gasteiger partial charge in [-0.05, 0) is 12.7 Å². The van der Waals surface area contributed by atoms with Gasteiger partial charge in [-0.15, -0.1) is 10.2 Å². The Bertz CT molecular complexity index is 393. The van der Waals surface area contributed by atoms with Gasteiger partial charge < -0.3 is 4.74 Å². The molecule has 1 aromatic rings. The van der Waals surface area contributed by atoms with Crippen LogP contribution in [0.25, 0.3) is 0 Å². The summed E-state index contributed by atoms with van der Waals surface area (Å²) in [6.45, 7) is 7.59. The van der Waals surface area contributed by atoms with Crippen LogP contribution in [0.4, 0.5) is 0 Å². The number of nitrogens with zero attached hydrogens (tertiary/aromatic N) is 2. The van der Waals surface area contributed by atoms with Crippen LogP contribution in [0.2, 0.25) is 0 Å². The van der Waals surface area contributed by atoms with Crippen molar-refractivity contribution in [1.29, 1.82) is 0 Å². The Morgan fingerprint density at radius 1 is 1.41 bits per heavy atom. The molecule has 7 heteroatoms. The topological polar surface area (TPSA) is 52.1 Å². The number of esters is 1. The molecular formula is C10H14N2O2S3. The van der Waals surface area contributed by atoms with Crippen molar-refractivity contribution < 1.29 is 9.53 Å². The molecule has 0 N–H and O–H groups in total. The summed E-state index contributed by atoms with van der Waals surface area (Å²) in [6, 6.07) is 0. The van der Waals surface area contributed by atoms with Crippen LogP contribution in [0, 0.1) is 0 Å². The lowest BCUT2D eigenvalue weighted by atomic mass is 10.4. The minimum atomic E-state index is -0.343. The third kappa shape index (κ3) is 5.56. The van der Waals surface area contributed by atoms with Gasteiger partial charge in [0.15, 0.2) is 8.68 Å². The van der Waals surface area contributed by atoms with Gasteiger partial charge in [-0.2, -0.15) is 0 Å². The average Bonchev–Trinajstić information content (AvgIpc) is 2.72. The molecule has 4 nitrogen and oxygen atoms in total. The van der Waals surface area contributed by atoms with Crippen LogP contribution in [0.3, 0.4) is 0 Å². The van der Waals surface area contributed by atoms with E-state index in [1.807, 2.05) is 0 Å². The van der Waals surface area contributed by atoms with E-state index in [0.29, 0.717) is 17.9 Å². The van der Waals surface area contributed by atoms with E-state index in [4.69, 9.17) is 4.74 Å². The molecule has 1 rings (SSSR count). The first kappa shape index (κ1) is 14.5. The lowest BCUT2D eigenvalue weighted by molar-refractivity contribution is -0.138. The molecule has 0 fully saturated rings. The third-order valence-corrected chi connectivity index (χ3v) is 4.58. The molecule has 0 atom stereocenters. The molecule has 0 aliphatic heterocycles. The number of carbonyl (C=O) groups is 1. The first-order valence-electron chi connectivity index (χ1n) is 5.05. The van der Waals surface area contributed by atoms with E-state index < -0.39 is 0 Å². The number of aromatic nitrogens is 2. The summed E-state index contributed by atoms with van der Waals surface area (Å²) >= 11 is 4.79. The minimum Gasteiger partial charge on any atom is -0.461 e. The second-order valence-electron chi connectivity index (χ2n) is 3.03. The number of hydrogen-bond donors (Lipinski definition) is 0. The summed E-state index contributed by atoms with van der Waals surface area (Å²) in [5, 5.41) is 8.08. The molecule has 0 saturated carbocycles. The van der Waals surface area contributed by atoms with E-state index in [-0.39, 0.29) is 5.97 Å². The number of carbonyl (C=O) groups excluding carboxylic acids is 1. The molecule has 0 aliphatic carbocycles. The quantitative estimate of drug-likeness (QED) is 0.333. The smallest absolute Gasteiger partial charge is 0.333 e. The number of thioether (sulfide) groups is 2. The Morgan fingerprint density at radius 3 is 2.65 bits per heavy atom. The van der Waals surface area contributed by atoms with E-state index in [0.717, 1.165) is 14.4 Å². The van der Waals surface area contributed by atoms with E-state index in [1.54, 1.807) is 41.8 Å². The van der Waals surface area contributed by atoms with Crippen molar-refractivity contribution in [1.82, 2.24) is 10.2 Å². The molecule has 0 amide bonds. The predicted molar refractivity (Wildman–Crippen MR) is 72.8 cm³/mol. The Balaban J connectivity index is 2.21. The van der Waals surface area contributed by atoms with Crippen molar-refractivity contribution in [3.05, 3.63) is 12.2 Å². The zero-order valence-corrected chi connectivity index (χ0v) is 12.2. The predicted octanol–water partition coefficient (Wildman–Crippen LogP) is 2.86. The summed E-state index contributed by atoms with van der Waals surface area (Å²) < 4.78 is 6.86. The standard InChI is InChI=1S/C10H14N2O2S3/c1-4-15-9-11-12-10(17-9)16-6-5-14-8(13)7(2)3/h2,4-6H2,1,3H3. The Kier molecular flexibility index (Phi) is 6.61. The molecule has 0 saturated heterocycles. The summed E-state index contributed by atoms with van der Waals surface area (Å²) in [5.74, 6) is 1.34. The number of ether oxygens (including phenoxy) is 1. The van der Waals surface area contributed by atoms with Crippen molar-refractivity contribution in [2.45, 2.75) is 22.5 Å². The maximum atomic E-state index is 11.1. The van der Waals surface area contributed by atoms with Gasteiger partial charge in [-0.25, -0.2) is 4.79 Å². The zero-order valence-electron chi connectivity index (χ0n) is 9.76. The monoisotopic (exact) mass is 290 g/mol. The zero-order chi connectivity index (χ0) is 12.7. The van der Waals surface area contributed by atoms with Crippen LogP contribution in [-0.4, -0.2) is 34.3 Å². The summed E-state index contributed by atoms with van der Waals surface area (Å²) in [7, 11) is 0. The van der Waals surface area contributed by atoms with Crippen LogP contribution >= 0.6 is 34.9 Å². The van der Waals surface area contributed by atoms with Gasteiger partial charge in [0.05, 0.1) is 0 Å². The molecule has 17 heavy (non-hydrogen) atoms. The van der Waals surface area contributed by atoms with Gasteiger partial charge in [0.1, 0.15) is 6.61 Å². The van der Waals surface area contributed by atoms with Gasteiger partial charge in [0.2, 0.25) is 0 Å². The fraction of sp³-hybridized carbons (Fsp3) is 0.500. The van der Waals surface area contributed by atoms with Gasteiger partial charge in [-0.3, -0.25) is 0 Å². The largest absolute Gasteiger partial charge is 0.461 e. The molecule has 0 unspecified atom stereocenters. The minimum absolute atomic E-state index is 0.343. The lowest BCUT2D eigenvalue weighted by Gasteiger charge is -2.01. The van der Waals surface area contributed by atoms with Crippen LogP contribution in [0.15, 0.2) is 20.8 Å². The molecule has 0 radical (unpaired) electrons. The van der Waals surface area contributed by atoms with Gasteiger partial charge in [0.25, 0.3) is 0 Å². The maximum Gasteiger partial charge on any atom is 0.333 e. The molecule has 0 aliphatic rings. The van der Waals surface area contributed by atoms with Crippen LogP contribution in [0.1, 0.15) is 13.8 Å². The molecular weight excluding hydrogens is 276 g/mol. The van der Waals surface area contributed by atoms with Crippen molar-refractivity contribution in [3.8, 4) is 0 Å². The second kappa shape index (κ2) is 7.73. The summed E-state index contributed by atoms with van der Waals surface area (Å²) in [5.41, 5.74) is 0.424. The molecule has 94 valence electrons. The van der Waals surface area contributed by atoms with Crippen LogP contribution < -0.4 is 0 Å². The molecule has 0 bridgehead atoms. The van der Waals surface area contributed by atoms with E-state index in [9.17, 15) is 4.79 Å². The lowest BCUT2D eigenvalue weighted by Crippen LogP contribution is -2.07. The van der Waals surface area contributed by atoms with Crippen molar-refractivity contribution >= 4 is 40.8 Å². The molecule has 0 spiro atoms. The summed E-state index contributed by atoms with van der Waals surface area (Å²) in [6.07, 6.45) is 0. The van der Waals surface area contributed by atoms with Crippen LogP contribution in [0.5, 0.6) is 0 Å². The fourth-order valence-corrected chi connectivity index (χ4v) is 3.63. The van der Waals surface area contributed by atoms with E-state index in [2.05, 4.69) is 23.7 Å². The maximum absolute atomic E-state index is 11.1. The van der Waals surface area contributed by atoms with Crippen LogP contribution in [-0.2, 0) is 9.53 Å². The summed E-state index contributed by atoms with van der Waals surface area (Å²) in [4.78, 5) is 11.1. The van der Waals surface area contributed by atoms with E-state index >= 15 is 0 Å². The fourth-order valence-electron chi connectivity index (χ4n) is 0.824. The highest BCUT2D eigenvalue weighted by atomic mass is 32.2. The average molecular weight is 290 g/mol. The highest BCUT2D eigenvalue weighted by Crippen LogP contribution is 2.28. The highest BCUT2D eigenvalue weighted by molar-refractivity contribution is 8.03. The van der Waals surface area contributed by atoms with Gasteiger partial charge >= 0.3 is 5.97 Å². The number of hydrogen-bond acceptors (Lipinski definition) is 7. The Morgan fingerprint density at radius 2 is 2.06 bits per heavy atom.